The molecule has 1 amide bonds. The van der Waals surface area contributed by atoms with Crippen molar-refractivity contribution in [3.63, 3.8) is 0 Å². The number of hydrogen-bond acceptors (Lipinski definition) is 2. The van der Waals surface area contributed by atoms with Gasteiger partial charge in [-0.2, -0.15) is 0 Å². The van der Waals surface area contributed by atoms with E-state index in [9.17, 15) is 19.1 Å². The molecule has 1 aromatic carbocycles. The van der Waals surface area contributed by atoms with Gasteiger partial charge in [0.25, 0.3) is 0 Å². The van der Waals surface area contributed by atoms with Crippen LogP contribution in [0.2, 0.25) is 5.02 Å². The predicted octanol–water partition coefficient (Wildman–Crippen LogP) is 2.59. The highest BCUT2D eigenvalue weighted by atomic mass is 35.5. The molecule has 0 bridgehead atoms. The minimum atomic E-state index is -0.827. The van der Waals surface area contributed by atoms with Crippen LogP contribution < -0.4 is 0 Å². The Morgan fingerprint density at radius 1 is 1.32 bits per heavy atom. The minimum Gasteiger partial charge on any atom is -0.481 e. The maximum atomic E-state index is 13.0. The SMILES string of the molecule is O=C(O)[C@H]1CN(C(=O)Cc2ccc(F)cc2Cl)C[C@@H]1C1CC1. The molecule has 0 aromatic heterocycles. The molecule has 118 valence electrons. The second-order valence-corrected chi connectivity index (χ2v) is 6.56. The quantitative estimate of drug-likeness (QED) is 0.925. The number of carboxylic acids is 1. The first-order valence-electron chi connectivity index (χ1n) is 7.40. The molecule has 1 saturated carbocycles. The monoisotopic (exact) mass is 325 g/mol. The summed E-state index contributed by atoms with van der Waals surface area (Å²) in [6, 6.07) is 3.95. The van der Waals surface area contributed by atoms with Gasteiger partial charge in [-0.05, 0) is 42.4 Å². The fourth-order valence-electron chi connectivity index (χ4n) is 3.24. The van der Waals surface area contributed by atoms with Crippen molar-refractivity contribution in [2.24, 2.45) is 17.8 Å². The van der Waals surface area contributed by atoms with E-state index in [1.54, 1.807) is 4.90 Å². The third kappa shape index (κ3) is 3.09. The van der Waals surface area contributed by atoms with Gasteiger partial charge < -0.3 is 10.0 Å². The van der Waals surface area contributed by atoms with E-state index in [1.165, 1.54) is 18.2 Å². The second-order valence-electron chi connectivity index (χ2n) is 6.16. The molecule has 0 radical (unpaired) electrons. The second kappa shape index (κ2) is 5.88. The average Bonchev–Trinajstić information content (AvgIpc) is 3.20. The Hall–Kier alpha value is -1.62. The molecule has 1 saturated heterocycles. The number of nitrogens with zero attached hydrogens (tertiary/aromatic N) is 1. The van der Waals surface area contributed by atoms with Crippen LogP contribution >= 0.6 is 11.6 Å². The first-order valence-corrected chi connectivity index (χ1v) is 7.78. The summed E-state index contributed by atoms with van der Waals surface area (Å²) in [7, 11) is 0. The van der Waals surface area contributed by atoms with Gasteiger partial charge >= 0.3 is 5.97 Å². The third-order valence-corrected chi connectivity index (χ3v) is 4.97. The molecule has 1 aromatic rings. The highest BCUT2D eigenvalue weighted by Crippen LogP contribution is 2.44. The molecular weight excluding hydrogens is 309 g/mol. The van der Waals surface area contributed by atoms with Crippen molar-refractivity contribution in [2.45, 2.75) is 19.3 Å². The smallest absolute Gasteiger partial charge is 0.308 e. The van der Waals surface area contributed by atoms with E-state index in [0.717, 1.165) is 12.8 Å². The maximum Gasteiger partial charge on any atom is 0.308 e. The van der Waals surface area contributed by atoms with E-state index < -0.39 is 17.7 Å². The third-order valence-electron chi connectivity index (χ3n) is 4.62. The van der Waals surface area contributed by atoms with Gasteiger partial charge in [0.05, 0.1) is 12.3 Å². The summed E-state index contributed by atoms with van der Waals surface area (Å²) in [6.07, 6.45) is 2.18. The fourth-order valence-corrected chi connectivity index (χ4v) is 3.47. The first kappa shape index (κ1) is 15.3. The summed E-state index contributed by atoms with van der Waals surface area (Å²) in [4.78, 5) is 25.4. The van der Waals surface area contributed by atoms with Crippen molar-refractivity contribution in [3.8, 4) is 0 Å². The summed E-state index contributed by atoms with van der Waals surface area (Å²) >= 11 is 5.94. The van der Waals surface area contributed by atoms with Crippen LogP contribution in [-0.4, -0.2) is 35.0 Å². The molecule has 2 atom stereocenters. The molecular formula is C16H17ClFNO3. The van der Waals surface area contributed by atoms with E-state index in [1.807, 2.05) is 0 Å². The van der Waals surface area contributed by atoms with Crippen molar-refractivity contribution in [3.05, 3.63) is 34.6 Å². The van der Waals surface area contributed by atoms with Gasteiger partial charge in [0.15, 0.2) is 0 Å². The highest BCUT2D eigenvalue weighted by molar-refractivity contribution is 6.31. The van der Waals surface area contributed by atoms with Crippen molar-refractivity contribution >= 4 is 23.5 Å². The van der Waals surface area contributed by atoms with Gasteiger partial charge in [0.2, 0.25) is 5.91 Å². The minimum absolute atomic E-state index is 0.0603. The molecule has 1 aliphatic carbocycles. The standard InChI is InChI=1S/C16H17ClFNO3/c17-14-6-11(18)4-3-10(14)5-15(20)19-7-12(9-1-2-9)13(8-19)16(21)22/h3-4,6,9,12-13H,1-2,5,7-8H2,(H,21,22)/t12-,13+/m1/s1. The van der Waals surface area contributed by atoms with Crippen molar-refractivity contribution in [1.29, 1.82) is 0 Å². The summed E-state index contributed by atoms with van der Waals surface area (Å²) in [6.45, 7) is 0.757. The Morgan fingerprint density at radius 3 is 2.64 bits per heavy atom. The van der Waals surface area contributed by atoms with E-state index >= 15 is 0 Å². The number of carboxylic acid groups (broad SMARTS) is 1. The number of rotatable bonds is 4. The van der Waals surface area contributed by atoms with Gasteiger partial charge in [-0.25, -0.2) is 4.39 Å². The fraction of sp³-hybridized carbons (Fsp3) is 0.500. The summed E-state index contributed by atoms with van der Waals surface area (Å²) in [5.41, 5.74) is 0.565. The van der Waals surface area contributed by atoms with Crippen molar-refractivity contribution in [2.75, 3.05) is 13.1 Å². The molecule has 3 rings (SSSR count). The lowest BCUT2D eigenvalue weighted by Gasteiger charge is -2.16. The Balaban J connectivity index is 1.69. The zero-order chi connectivity index (χ0) is 15.9. The number of carbonyl (C=O) groups excluding carboxylic acids is 1. The Kier molecular flexibility index (Phi) is 4.08. The lowest BCUT2D eigenvalue weighted by molar-refractivity contribution is -0.142. The molecule has 2 fully saturated rings. The number of likely N-dealkylation sites (tertiary alicyclic amines) is 1. The number of carbonyl (C=O) groups is 2. The van der Waals surface area contributed by atoms with Crippen LogP contribution in [0, 0.1) is 23.6 Å². The molecule has 0 spiro atoms. The van der Waals surface area contributed by atoms with Gasteiger partial charge in [-0.15, -0.1) is 0 Å². The number of hydrogen-bond donors (Lipinski definition) is 1. The van der Waals surface area contributed by atoms with Crippen molar-refractivity contribution in [1.82, 2.24) is 4.90 Å². The lowest BCUT2D eigenvalue weighted by atomic mass is 9.92. The summed E-state index contributed by atoms with van der Waals surface area (Å²) in [5, 5.41) is 9.55. The van der Waals surface area contributed by atoms with Crippen LogP contribution in [0.5, 0.6) is 0 Å². The van der Waals surface area contributed by atoms with E-state index in [2.05, 4.69) is 0 Å². The molecule has 1 heterocycles. The Labute approximate surface area is 132 Å². The highest BCUT2D eigenvalue weighted by Gasteiger charge is 2.46. The van der Waals surface area contributed by atoms with Crippen LogP contribution in [0.3, 0.4) is 0 Å². The number of halogens is 2. The van der Waals surface area contributed by atoms with Crippen LogP contribution in [0.25, 0.3) is 0 Å². The average molecular weight is 326 g/mol. The summed E-state index contributed by atoms with van der Waals surface area (Å²) < 4.78 is 13.0. The molecule has 2 aliphatic rings. The normalized spacial score (nSPS) is 24.5. The Morgan fingerprint density at radius 2 is 2.05 bits per heavy atom. The topological polar surface area (TPSA) is 57.6 Å². The molecule has 1 aliphatic heterocycles. The van der Waals surface area contributed by atoms with Crippen LogP contribution in [0.4, 0.5) is 4.39 Å². The molecule has 4 nitrogen and oxygen atoms in total. The summed E-state index contributed by atoms with van der Waals surface area (Å²) in [5.74, 6) is -1.39. The van der Waals surface area contributed by atoms with Crippen LogP contribution in [-0.2, 0) is 16.0 Å². The number of amides is 1. The number of aliphatic carboxylic acids is 1. The van der Waals surface area contributed by atoms with Gasteiger partial charge in [0.1, 0.15) is 5.82 Å². The van der Waals surface area contributed by atoms with E-state index in [-0.39, 0.29) is 29.8 Å². The van der Waals surface area contributed by atoms with Gasteiger partial charge in [-0.3, -0.25) is 9.59 Å². The molecule has 22 heavy (non-hydrogen) atoms. The molecule has 0 unspecified atom stereocenters. The molecule has 6 heteroatoms. The van der Waals surface area contributed by atoms with E-state index in [4.69, 9.17) is 11.6 Å². The number of benzene rings is 1. The maximum absolute atomic E-state index is 13.0. The van der Waals surface area contributed by atoms with Crippen LogP contribution in [0.1, 0.15) is 18.4 Å². The van der Waals surface area contributed by atoms with Gasteiger partial charge in [0, 0.05) is 18.1 Å². The largest absolute Gasteiger partial charge is 0.481 e. The molecule has 1 N–H and O–H groups in total. The van der Waals surface area contributed by atoms with Crippen molar-refractivity contribution < 1.29 is 19.1 Å². The zero-order valence-electron chi connectivity index (χ0n) is 12.0. The van der Waals surface area contributed by atoms with Gasteiger partial charge in [-0.1, -0.05) is 17.7 Å². The lowest BCUT2D eigenvalue weighted by Crippen LogP contribution is -2.31. The Bertz CT molecular complexity index is 617. The van der Waals surface area contributed by atoms with Crippen LogP contribution in [0.15, 0.2) is 18.2 Å². The predicted molar refractivity (Wildman–Crippen MR) is 79.0 cm³/mol. The van der Waals surface area contributed by atoms with E-state index in [0.29, 0.717) is 18.0 Å². The zero-order valence-corrected chi connectivity index (χ0v) is 12.7. The first-order chi connectivity index (χ1) is 10.5.